The van der Waals surface area contributed by atoms with E-state index in [1.807, 2.05) is 18.2 Å². The first kappa shape index (κ1) is 25.4. The van der Waals surface area contributed by atoms with Gasteiger partial charge in [-0.25, -0.2) is 9.97 Å². The van der Waals surface area contributed by atoms with Gasteiger partial charge in [-0.1, -0.05) is 146 Å². The molecular formula is C42H26N2O. The van der Waals surface area contributed by atoms with Crippen LogP contribution in [0.5, 0.6) is 0 Å². The molecule has 0 aliphatic carbocycles. The Kier molecular flexibility index (Phi) is 5.82. The summed E-state index contributed by atoms with van der Waals surface area (Å²) in [4.78, 5) is 10.4. The highest BCUT2D eigenvalue weighted by atomic mass is 16.3. The van der Waals surface area contributed by atoms with Crippen molar-refractivity contribution in [3.8, 4) is 44.9 Å². The van der Waals surface area contributed by atoms with Crippen LogP contribution in [0.4, 0.5) is 0 Å². The van der Waals surface area contributed by atoms with Gasteiger partial charge < -0.3 is 4.42 Å². The topological polar surface area (TPSA) is 38.9 Å². The summed E-state index contributed by atoms with van der Waals surface area (Å²) in [5, 5.41) is 5.27. The lowest BCUT2D eigenvalue weighted by molar-refractivity contribution is 0.674. The Hall–Kier alpha value is -6.06. The van der Waals surface area contributed by atoms with Gasteiger partial charge >= 0.3 is 0 Å². The first-order chi connectivity index (χ1) is 22.3. The van der Waals surface area contributed by atoms with Crippen molar-refractivity contribution in [3.63, 3.8) is 0 Å². The minimum absolute atomic E-state index is 0.697. The fraction of sp³-hybridized carbons (Fsp3) is 0. The van der Waals surface area contributed by atoms with Gasteiger partial charge in [-0.15, -0.1) is 0 Å². The zero-order chi connectivity index (χ0) is 29.7. The van der Waals surface area contributed by atoms with Crippen LogP contribution in [0.15, 0.2) is 162 Å². The fourth-order valence-electron chi connectivity index (χ4n) is 6.52. The lowest BCUT2D eigenvalue weighted by Gasteiger charge is -2.12. The molecule has 9 aromatic rings. The van der Waals surface area contributed by atoms with Gasteiger partial charge in [0.2, 0.25) is 0 Å². The molecule has 0 saturated heterocycles. The second kappa shape index (κ2) is 10.3. The number of hydrogen-bond donors (Lipinski definition) is 0. The molecule has 0 aliphatic heterocycles. The fourth-order valence-corrected chi connectivity index (χ4v) is 6.52. The van der Waals surface area contributed by atoms with Crippen molar-refractivity contribution < 1.29 is 4.42 Å². The number of fused-ring (bicyclic) bond motifs is 6. The van der Waals surface area contributed by atoms with Crippen LogP contribution in [0.1, 0.15) is 0 Å². The highest BCUT2D eigenvalue weighted by Gasteiger charge is 2.19. The SMILES string of the molecule is c1ccc(-c2ccc(-c3nc(-c4cc5c6cccc(-c7ccccc7)c6oc5c5ccccc45)nc4ccccc34)cc2)cc1. The third-order valence-corrected chi connectivity index (χ3v) is 8.70. The Bertz CT molecular complexity index is 2510. The van der Waals surface area contributed by atoms with Gasteiger partial charge in [0, 0.05) is 38.2 Å². The van der Waals surface area contributed by atoms with E-state index in [9.17, 15) is 0 Å². The molecule has 0 spiro atoms. The lowest BCUT2D eigenvalue weighted by Crippen LogP contribution is -1.96. The van der Waals surface area contributed by atoms with Crippen LogP contribution in [0, 0.1) is 0 Å². The van der Waals surface area contributed by atoms with Crippen molar-refractivity contribution in [2.24, 2.45) is 0 Å². The molecule has 0 amide bonds. The summed E-state index contributed by atoms with van der Waals surface area (Å²) in [6.45, 7) is 0. The van der Waals surface area contributed by atoms with E-state index in [2.05, 4.69) is 140 Å². The van der Waals surface area contributed by atoms with E-state index in [-0.39, 0.29) is 0 Å². The maximum atomic E-state index is 6.71. The quantitative estimate of drug-likeness (QED) is 0.210. The van der Waals surface area contributed by atoms with E-state index in [0.29, 0.717) is 5.82 Å². The van der Waals surface area contributed by atoms with Gasteiger partial charge in [-0.3, -0.25) is 0 Å². The maximum absolute atomic E-state index is 6.71. The van der Waals surface area contributed by atoms with Crippen molar-refractivity contribution in [1.29, 1.82) is 0 Å². The van der Waals surface area contributed by atoms with Gasteiger partial charge in [0.15, 0.2) is 5.82 Å². The number of para-hydroxylation sites is 2. The summed E-state index contributed by atoms with van der Waals surface area (Å²) >= 11 is 0. The summed E-state index contributed by atoms with van der Waals surface area (Å²) in [6, 6.07) is 54.8. The molecule has 0 unspecified atom stereocenters. The molecule has 7 aromatic carbocycles. The zero-order valence-electron chi connectivity index (χ0n) is 24.3. The van der Waals surface area contributed by atoms with E-state index in [1.165, 1.54) is 11.1 Å². The second-order valence-electron chi connectivity index (χ2n) is 11.4. The summed E-state index contributed by atoms with van der Waals surface area (Å²) in [6.07, 6.45) is 0. The average Bonchev–Trinajstić information content (AvgIpc) is 3.51. The molecule has 0 fully saturated rings. The van der Waals surface area contributed by atoms with Crippen LogP contribution in [-0.4, -0.2) is 9.97 Å². The summed E-state index contributed by atoms with van der Waals surface area (Å²) in [5.74, 6) is 0.697. The standard InChI is InChI=1S/C42H26N2O/c1-3-12-27(13-4-1)28-22-24-30(25-23-28)39-35-18-9-10-21-38(35)43-42(44-39)37-26-36-34-20-11-19-31(29-14-5-2-6-15-29)40(34)45-41(36)33-17-8-7-16-32(33)37/h1-26H. The highest BCUT2D eigenvalue weighted by Crippen LogP contribution is 2.42. The minimum Gasteiger partial charge on any atom is -0.455 e. The van der Waals surface area contributed by atoms with Crippen molar-refractivity contribution in [3.05, 3.63) is 158 Å². The van der Waals surface area contributed by atoms with Gasteiger partial charge in [-0.2, -0.15) is 0 Å². The van der Waals surface area contributed by atoms with Crippen LogP contribution < -0.4 is 0 Å². The molecule has 45 heavy (non-hydrogen) atoms. The van der Waals surface area contributed by atoms with Crippen LogP contribution >= 0.6 is 0 Å². The molecule has 2 heterocycles. The van der Waals surface area contributed by atoms with Crippen LogP contribution in [0.25, 0.3) is 88.5 Å². The molecule has 210 valence electrons. The maximum Gasteiger partial charge on any atom is 0.161 e. The molecule has 0 atom stereocenters. The zero-order valence-corrected chi connectivity index (χ0v) is 24.3. The smallest absolute Gasteiger partial charge is 0.161 e. The monoisotopic (exact) mass is 574 g/mol. The van der Waals surface area contributed by atoms with Crippen molar-refractivity contribution in [2.45, 2.75) is 0 Å². The van der Waals surface area contributed by atoms with Crippen LogP contribution in [0.3, 0.4) is 0 Å². The molecule has 9 rings (SSSR count). The van der Waals surface area contributed by atoms with Crippen molar-refractivity contribution >= 4 is 43.6 Å². The first-order valence-corrected chi connectivity index (χ1v) is 15.2. The molecular weight excluding hydrogens is 548 g/mol. The van der Waals surface area contributed by atoms with Crippen molar-refractivity contribution in [2.75, 3.05) is 0 Å². The average molecular weight is 575 g/mol. The number of furan rings is 1. The Morgan fingerprint density at radius 3 is 1.71 bits per heavy atom. The van der Waals surface area contributed by atoms with Crippen LogP contribution in [0.2, 0.25) is 0 Å². The third-order valence-electron chi connectivity index (χ3n) is 8.70. The van der Waals surface area contributed by atoms with E-state index >= 15 is 0 Å². The van der Waals surface area contributed by atoms with Gasteiger partial charge in [0.05, 0.1) is 11.2 Å². The Labute approximate surface area is 260 Å². The van der Waals surface area contributed by atoms with E-state index < -0.39 is 0 Å². The molecule has 0 N–H and O–H groups in total. The second-order valence-corrected chi connectivity index (χ2v) is 11.4. The highest BCUT2D eigenvalue weighted by molar-refractivity contribution is 6.20. The number of rotatable bonds is 4. The predicted molar refractivity (Wildman–Crippen MR) is 186 cm³/mol. The number of nitrogens with zero attached hydrogens (tertiary/aromatic N) is 2. The minimum atomic E-state index is 0.697. The molecule has 0 radical (unpaired) electrons. The molecule has 0 saturated carbocycles. The number of benzene rings is 7. The first-order valence-electron chi connectivity index (χ1n) is 15.2. The van der Waals surface area contributed by atoms with Gasteiger partial charge in [0.1, 0.15) is 11.2 Å². The Morgan fingerprint density at radius 2 is 0.933 bits per heavy atom. The number of aromatic nitrogens is 2. The van der Waals surface area contributed by atoms with E-state index in [0.717, 1.165) is 71.6 Å². The molecule has 3 nitrogen and oxygen atoms in total. The normalized spacial score (nSPS) is 11.6. The largest absolute Gasteiger partial charge is 0.455 e. The van der Waals surface area contributed by atoms with Gasteiger partial charge in [0.25, 0.3) is 0 Å². The van der Waals surface area contributed by atoms with Gasteiger partial charge in [-0.05, 0) is 34.2 Å². The lowest BCUT2D eigenvalue weighted by atomic mass is 9.97. The predicted octanol–water partition coefficient (Wildman–Crippen LogP) is 11.4. The summed E-state index contributed by atoms with van der Waals surface area (Å²) in [5.41, 5.74) is 10.2. The van der Waals surface area contributed by atoms with Crippen LogP contribution in [-0.2, 0) is 0 Å². The molecule has 0 aliphatic rings. The van der Waals surface area contributed by atoms with E-state index in [4.69, 9.17) is 14.4 Å². The molecule has 2 aromatic heterocycles. The van der Waals surface area contributed by atoms with Crippen molar-refractivity contribution in [1.82, 2.24) is 9.97 Å². The summed E-state index contributed by atoms with van der Waals surface area (Å²) < 4.78 is 6.71. The molecule has 0 bridgehead atoms. The molecule has 3 heteroatoms. The number of hydrogen-bond acceptors (Lipinski definition) is 3. The Morgan fingerprint density at radius 1 is 0.356 bits per heavy atom. The Balaban J connectivity index is 1.28. The summed E-state index contributed by atoms with van der Waals surface area (Å²) in [7, 11) is 0. The third kappa shape index (κ3) is 4.21. The van der Waals surface area contributed by atoms with E-state index in [1.54, 1.807) is 0 Å².